The number of tetrazole rings is 1. The Hall–Kier alpha value is -2.71. The molecule has 0 spiro atoms. The van der Waals surface area contributed by atoms with Gasteiger partial charge >= 0.3 is 35.5 Å². The first-order chi connectivity index (χ1) is 17.2. The first-order valence-electron chi connectivity index (χ1n) is 9.83. The second kappa shape index (κ2) is 12.2. The van der Waals surface area contributed by atoms with Crippen LogP contribution in [0.2, 0.25) is 0 Å². The number of aromatic nitrogens is 5. The van der Waals surface area contributed by atoms with Crippen LogP contribution < -0.4 is 45.7 Å². The summed E-state index contributed by atoms with van der Waals surface area (Å²) in [6.45, 7) is -0.565. The van der Waals surface area contributed by atoms with Gasteiger partial charge in [0, 0.05) is 16.9 Å². The van der Waals surface area contributed by atoms with E-state index in [1.165, 1.54) is 24.3 Å². The molecule has 2 atom stereocenters. The van der Waals surface area contributed by atoms with E-state index in [0.717, 1.165) is 32.7 Å². The summed E-state index contributed by atoms with van der Waals surface area (Å²) in [5, 5.41) is 38.8. The summed E-state index contributed by atoms with van der Waals surface area (Å²) in [6.07, 6.45) is 0. The van der Waals surface area contributed by atoms with Crippen molar-refractivity contribution < 1.29 is 63.8 Å². The van der Waals surface area contributed by atoms with E-state index in [9.17, 15) is 29.4 Å². The smallest absolute Gasteiger partial charge is 0.548 e. The third-order valence-electron chi connectivity index (χ3n) is 4.85. The molecule has 0 unspecified atom stereocenters. The molecule has 0 radical (unpaired) electrons. The molecular weight excluding hydrogens is 561 g/mol. The minimum absolute atomic E-state index is 0. The van der Waals surface area contributed by atoms with E-state index >= 15 is 0 Å². The number of nitrogens with two attached hydrogens (primary N) is 1. The van der Waals surface area contributed by atoms with Gasteiger partial charge in [-0.2, -0.15) is 0 Å². The van der Waals surface area contributed by atoms with E-state index in [-0.39, 0.29) is 68.5 Å². The van der Waals surface area contributed by atoms with Gasteiger partial charge in [0.2, 0.25) is 5.16 Å². The van der Waals surface area contributed by atoms with Gasteiger partial charge in [-0.05, 0) is 16.0 Å². The monoisotopic (exact) mass is 577 g/mol. The van der Waals surface area contributed by atoms with Gasteiger partial charge in [0.15, 0.2) is 10.8 Å². The SMILES string of the molecule is CO/N=C(/C(=O)N[C@@H]1C(=O)N2C(C(=O)O)=C(CSc3nnnn3CC(=O)[O-])CS[C@H]12)c1csc(N)n1.[Na+]. The molecule has 190 valence electrons. The number of nitrogens with one attached hydrogen (secondary N) is 1. The van der Waals surface area contributed by atoms with Crippen LogP contribution in [0.5, 0.6) is 0 Å². The number of carboxylic acid groups (broad SMARTS) is 2. The molecule has 0 aromatic carbocycles. The van der Waals surface area contributed by atoms with Crippen molar-refractivity contribution in [2.45, 2.75) is 23.1 Å². The predicted molar refractivity (Wildman–Crippen MR) is 123 cm³/mol. The van der Waals surface area contributed by atoms with Crippen molar-refractivity contribution in [1.82, 2.24) is 35.4 Å². The third-order valence-corrected chi connectivity index (χ3v) is 7.91. The Labute approximate surface area is 242 Å². The number of carboxylic acids is 2. The van der Waals surface area contributed by atoms with Gasteiger partial charge in [0.05, 0.1) is 12.5 Å². The van der Waals surface area contributed by atoms with Crippen molar-refractivity contribution in [3.05, 3.63) is 22.3 Å². The van der Waals surface area contributed by atoms with E-state index in [0.29, 0.717) is 5.57 Å². The Bertz CT molecular complexity index is 1300. The van der Waals surface area contributed by atoms with Gasteiger partial charge in [0.1, 0.15) is 29.9 Å². The van der Waals surface area contributed by atoms with E-state index in [1.807, 2.05) is 0 Å². The maximum absolute atomic E-state index is 12.9. The van der Waals surface area contributed by atoms with Crippen molar-refractivity contribution in [2.75, 3.05) is 24.3 Å². The number of aliphatic carboxylic acids is 2. The number of nitrogen functional groups attached to an aromatic ring is 1. The summed E-state index contributed by atoms with van der Waals surface area (Å²) < 4.78 is 1.01. The summed E-state index contributed by atoms with van der Waals surface area (Å²) in [6, 6.07) is -1.00. The number of nitrogens with zero attached hydrogens (tertiary/aromatic N) is 7. The zero-order valence-corrected chi connectivity index (χ0v) is 23.6. The number of fused-ring (bicyclic) bond motifs is 1. The molecule has 0 saturated carbocycles. The van der Waals surface area contributed by atoms with E-state index in [1.54, 1.807) is 0 Å². The molecule has 1 fully saturated rings. The summed E-state index contributed by atoms with van der Waals surface area (Å²) >= 11 is 3.38. The second-order valence-electron chi connectivity index (χ2n) is 7.09. The molecule has 37 heavy (non-hydrogen) atoms. The zero-order valence-electron chi connectivity index (χ0n) is 19.2. The van der Waals surface area contributed by atoms with Crippen molar-refractivity contribution >= 4 is 69.5 Å². The fourth-order valence-corrected chi connectivity index (χ4v) is 6.28. The third kappa shape index (κ3) is 6.07. The molecule has 2 amide bonds. The van der Waals surface area contributed by atoms with Crippen molar-refractivity contribution in [1.29, 1.82) is 0 Å². The van der Waals surface area contributed by atoms with Crippen LogP contribution in [-0.2, 0) is 30.6 Å². The molecule has 1 saturated heterocycles. The molecule has 16 nitrogen and oxygen atoms in total. The number of hydrogen-bond acceptors (Lipinski definition) is 15. The standard InChI is InChI=1S/C17H17N9O7S3.Na/c1-33-22-9(7-5-35-16(18)19-7)12(29)20-10-13(30)26-11(15(31)32)6(3-34-14(10)26)4-36-17-21-23-24-25(17)2-8(27)28;/h5,10,14H,2-4H2,1H3,(H2,18,19)(H,20,29)(H,27,28)(H,31,32);/q;+1/p-1/b22-9+;/t10-,14-;/m1./s1. The molecule has 0 aliphatic carbocycles. The Kier molecular flexibility index (Phi) is 9.53. The number of β-lactam (4-membered cyclic amide) rings is 1. The summed E-state index contributed by atoms with van der Waals surface area (Å²) in [7, 11) is 1.25. The minimum atomic E-state index is -1.39. The van der Waals surface area contributed by atoms with Crippen LogP contribution in [0.4, 0.5) is 5.13 Å². The molecule has 2 aromatic heterocycles. The number of thioether (sulfide) groups is 2. The van der Waals surface area contributed by atoms with Crippen molar-refractivity contribution in [3.8, 4) is 0 Å². The topological polar surface area (TPSA) is 231 Å². The summed E-state index contributed by atoms with van der Waals surface area (Å²) in [5.74, 6) is -3.73. The van der Waals surface area contributed by atoms with Gasteiger partial charge < -0.3 is 30.9 Å². The minimum Gasteiger partial charge on any atom is -0.548 e. The normalized spacial score (nSPS) is 19.0. The van der Waals surface area contributed by atoms with E-state index in [2.05, 4.69) is 31.0 Å². The number of anilines is 1. The first kappa shape index (κ1) is 28.9. The Morgan fingerprint density at radius 2 is 2.19 bits per heavy atom. The van der Waals surface area contributed by atoms with Gasteiger partial charge in [-0.1, -0.05) is 16.9 Å². The summed E-state index contributed by atoms with van der Waals surface area (Å²) in [4.78, 5) is 58.4. The number of amides is 2. The van der Waals surface area contributed by atoms with Gasteiger partial charge in [0.25, 0.3) is 11.8 Å². The van der Waals surface area contributed by atoms with Crippen LogP contribution in [-0.4, -0.2) is 94.7 Å². The van der Waals surface area contributed by atoms with Crippen LogP contribution in [0.25, 0.3) is 0 Å². The largest absolute Gasteiger partial charge is 1.00 e. The Balaban J connectivity index is 0.00000380. The Morgan fingerprint density at radius 1 is 1.43 bits per heavy atom. The molecular formula is C17H16N9NaO7S3. The maximum atomic E-state index is 12.9. The number of carbonyl (C=O) groups excluding carboxylic acids is 3. The molecule has 0 bridgehead atoms. The van der Waals surface area contributed by atoms with Gasteiger partial charge in [-0.3, -0.25) is 14.5 Å². The molecule has 2 aromatic rings. The van der Waals surface area contributed by atoms with E-state index in [4.69, 9.17) is 10.6 Å². The number of rotatable bonds is 10. The van der Waals surface area contributed by atoms with E-state index < -0.39 is 41.7 Å². The van der Waals surface area contributed by atoms with Crippen LogP contribution >= 0.6 is 34.9 Å². The van der Waals surface area contributed by atoms with Crippen LogP contribution in [0.15, 0.2) is 27.0 Å². The number of thiazole rings is 1. The molecule has 4 rings (SSSR count). The van der Waals surface area contributed by atoms with Crippen LogP contribution in [0, 0.1) is 0 Å². The molecule has 20 heteroatoms. The number of oxime groups is 1. The fraction of sp³-hybridized carbons (Fsp3) is 0.353. The Morgan fingerprint density at radius 3 is 2.81 bits per heavy atom. The van der Waals surface area contributed by atoms with Gasteiger partial charge in [-0.15, -0.1) is 28.2 Å². The average molecular weight is 578 g/mol. The van der Waals surface area contributed by atoms with Crippen molar-refractivity contribution in [2.24, 2.45) is 5.16 Å². The quantitative estimate of drug-likeness (QED) is 0.0786. The number of carbonyl (C=O) groups is 4. The second-order valence-corrected chi connectivity index (χ2v) is 10.0. The van der Waals surface area contributed by atoms with Crippen LogP contribution in [0.1, 0.15) is 5.69 Å². The maximum Gasteiger partial charge on any atom is 1.00 e. The first-order valence-corrected chi connectivity index (χ1v) is 12.7. The molecule has 2 aliphatic rings. The average Bonchev–Trinajstić information content (AvgIpc) is 3.46. The summed E-state index contributed by atoms with van der Waals surface area (Å²) in [5.41, 5.74) is 5.80. The molecule has 4 heterocycles. The van der Waals surface area contributed by atoms with Gasteiger partial charge in [-0.25, -0.2) is 14.5 Å². The number of hydrogen-bond donors (Lipinski definition) is 3. The predicted octanol–water partition coefficient (Wildman–Crippen LogP) is -5.65. The fourth-order valence-electron chi connectivity index (χ4n) is 3.37. The zero-order chi connectivity index (χ0) is 26.0. The van der Waals surface area contributed by atoms with Crippen LogP contribution in [0.3, 0.4) is 0 Å². The molecule has 2 aliphatic heterocycles. The van der Waals surface area contributed by atoms with Crippen molar-refractivity contribution in [3.63, 3.8) is 0 Å². The molecule has 4 N–H and O–H groups in total.